The van der Waals surface area contributed by atoms with Gasteiger partial charge in [-0.05, 0) is 274 Å². The molecule has 0 saturated heterocycles. The Hall–Kier alpha value is -7.42. The van der Waals surface area contributed by atoms with Gasteiger partial charge in [-0.15, -0.1) is 5.10 Å². The molecule has 0 atom stereocenters. The number of hydrogen-bond acceptors (Lipinski definition) is 12. The van der Waals surface area contributed by atoms with Gasteiger partial charge in [-0.2, -0.15) is 20.5 Å². The second kappa shape index (κ2) is 21.0. The fourth-order valence-corrected chi connectivity index (χ4v) is 9.95. The second-order valence-corrected chi connectivity index (χ2v) is 20.0. The van der Waals surface area contributed by atoms with Gasteiger partial charge >= 0.3 is 5.63 Å². The summed E-state index contributed by atoms with van der Waals surface area (Å²) in [6.45, 7) is 45.5. The number of rotatable bonds is 0. The van der Waals surface area contributed by atoms with Gasteiger partial charge in [0, 0.05) is 24.9 Å². The largest absolute Gasteiger partial charge is 0.366 e. The molecule has 0 spiro atoms. The quantitative estimate of drug-likeness (QED) is 0.152. The molecule has 0 fully saturated rings. The lowest BCUT2D eigenvalue weighted by Crippen LogP contribution is -2.22. The molecule has 15 nitrogen and oxygen atoms in total. The average molecular weight is 988 g/mol. The number of H-pyrrole nitrogens is 1. The molecule has 1 N–H and O–H groups in total. The van der Waals surface area contributed by atoms with Crippen molar-refractivity contribution in [2.45, 2.75) is 152 Å². The van der Waals surface area contributed by atoms with Crippen LogP contribution in [0.1, 0.15) is 123 Å². The minimum atomic E-state index is -0.343. The summed E-state index contributed by atoms with van der Waals surface area (Å²) in [6.07, 6.45) is 0. The van der Waals surface area contributed by atoms with E-state index in [0.29, 0.717) is 5.39 Å². The maximum absolute atomic E-state index is 12.2. The Morgan fingerprint density at radius 1 is 0.356 bits per heavy atom. The van der Waals surface area contributed by atoms with Gasteiger partial charge in [-0.25, -0.2) is 18.8 Å². The third-order valence-electron chi connectivity index (χ3n) is 16.4. The van der Waals surface area contributed by atoms with E-state index in [4.69, 9.17) is 9.15 Å². The predicted octanol–water partition coefficient (Wildman–Crippen LogP) is 12.1. The fourth-order valence-electron chi connectivity index (χ4n) is 9.95. The van der Waals surface area contributed by atoms with Crippen LogP contribution in [0.4, 0.5) is 0 Å². The number of benzene rings is 5. The highest BCUT2D eigenvalue weighted by atomic mass is 16.6. The molecule has 384 valence electrons. The smallest absolute Gasteiger partial charge is 0.312 e. The van der Waals surface area contributed by atoms with Gasteiger partial charge in [0.2, 0.25) is 0 Å². The maximum atomic E-state index is 12.2. The summed E-state index contributed by atoms with van der Waals surface area (Å²) in [4.78, 5) is 24.0. The van der Waals surface area contributed by atoms with Crippen molar-refractivity contribution >= 4 is 54.6 Å². The Morgan fingerprint density at radius 2 is 0.712 bits per heavy atom. The molecule has 5 aromatic heterocycles. The van der Waals surface area contributed by atoms with Crippen LogP contribution in [-0.2, 0) is 14.1 Å². The summed E-state index contributed by atoms with van der Waals surface area (Å²) >= 11 is 0. The highest BCUT2D eigenvalue weighted by molar-refractivity contribution is 5.92. The van der Waals surface area contributed by atoms with E-state index in [1.54, 1.807) is 7.05 Å². The van der Waals surface area contributed by atoms with Gasteiger partial charge < -0.3 is 4.52 Å². The molecule has 0 aliphatic rings. The van der Waals surface area contributed by atoms with Gasteiger partial charge in [0.15, 0.2) is 0 Å². The lowest BCUT2D eigenvalue weighted by atomic mass is 9.92. The van der Waals surface area contributed by atoms with Crippen molar-refractivity contribution in [1.29, 1.82) is 0 Å². The van der Waals surface area contributed by atoms with Crippen LogP contribution in [0, 0.1) is 152 Å². The molecule has 0 aliphatic carbocycles. The topological polar surface area (TPSA) is 189 Å². The predicted molar refractivity (Wildman–Crippen MR) is 296 cm³/mol. The Bertz CT molecular complexity index is 3780. The van der Waals surface area contributed by atoms with Gasteiger partial charge in [0.1, 0.15) is 27.6 Å². The number of aryl methyl sites for hydroxylation is 14. The van der Waals surface area contributed by atoms with E-state index in [2.05, 4.69) is 143 Å². The van der Waals surface area contributed by atoms with Crippen LogP contribution < -0.4 is 11.2 Å². The monoisotopic (exact) mass is 988 g/mol. The lowest BCUT2D eigenvalue weighted by Gasteiger charge is -2.15. The standard InChI is InChI=1S/C14H18N2O.C13H15NO2.C11H15N3.C10H13N3.C10H12N2O/c1-7-8(2)10(4)13-12(9(7)3)11(5)15-16(6)14(13)17;1-6-7(2)9(4)12-11(8(6)3)10(5)14-16-13(12)15;1-6-7(2)9(4)11-10(8(6)3)12-13-14(11)5;2*1-5-6(2)8(4)10-9(7(5)3)11-13-12-10/h1-6H3;1-5H3;1-5H3;1-4H3,(H,11,12,13);1-4H3. The zero-order valence-electron chi connectivity index (χ0n) is 47.6. The third kappa shape index (κ3) is 9.57. The normalized spacial score (nSPS) is 11.1. The molecular weight excluding hydrogens is 915 g/mol. The number of hydrogen-bond donors (Lipinski definition) is 1. The van der Waals surface area contributed by atoms with E-state index >= 15 is 0 Å². The highest BCUT2D eigenvalue weighted by Gasteiger charge is 2.18. The van der Waals surface area contributed by atoms with E-state index in [1.807, 2.05) is 67.1 Å². The number of aromatic nitrogens is 11. The summed E-state index contributed by atoms with van der Waals surface area (Å²) < 4.78 is 12.8. The van der Waals surface area contributed by atoms with Crippen LogP contribution in [0.2, 0.25) is 0 Å². The number of aromatic amines is 1. The Kier molecular flexibility index (Phi) is 15.8. The Morgan fingerprint density at radius 3 is 1.16 bits per heavy atom. The Labute approximate surface area is 427 Å². The maximum Gasteiger partial charge on any atom is 0.366 e. The zero-order valence-corrected chi connectivity index (χ0v) is 47.6. The van der Waals surface area contributed by atoms with Gasteiger partial charge in [-0.3, -0.25) is 4.79 Å². The molecule has 5 heterocycles. The molecule has 73 heavy (non-hydrogen) atoms. The second-order valence-electron chi connectivity index (χ2n) is 20.0. The number of fused-ring (bicyclic) bond motifs is 5. The molecule has 5 aromatic carbocycles. The molecule has 0 radical (unpaired) electrons. The van der Waals surface area contributed by atoms with Crippen LogP contribution >= 0.6 is 0 Å². The van der Waals surface area contributed by atoms with Gasteiger partial charge in [0.25, 0.3) is 5.56 Å². The van der Waals surface area contributed by atoms with E-state index < -0.39 is 0 Å². The molecule has 10 aromatic rings. The lowest BCUT2D eigenvalue weighted by molar-refractivity contribution is 0.315. The molecule has 10 rings (SSSR count). The molecule has 0 aliphatic heterocycles. The highest BCUT2D eigenvalue weighted by Crippen LogP contribution is 2.31. The molecular formula is C58H73N11O4. The van der Waals surface area contributed by atoms with Crippen molar-refractivity contribution in [3.05, 3.63) is 143 Å². The molecule has 15 heteroatoms. The minimum absolute atomic E-state index is 0.00528. The zero-order chi connectivity index (χ0) is 54.6. The number of nitrogens with one attached hydrogen (secondary N) is 1. The molecule has 0 bridgehead atoms. The van der Waals surface area contributed by atoms with Crippen LogP contribution in [0.15, 0.2) is 18.7 Å². The summed E-state index contributed by atoms with van der Waals surface area (Å²) in [5.41, 5.74) is 31.7. The first kappa shape index (κ1) is 54.9. The van der Waals surface area contributed by atoms with E-state index in [-0.39, 0.29) is 11.2 Å². The summed E-state index contributed by atoms with van der Waals surface area (Å²) in [6, 6.07) is 0. The van der Waals surface area contributed by atoms with Gasteiger partial charge in [0.05, 0.1) is 27.7 Å². The SMILES string of the molecule is Cc1c(C)c(C)c2c(=O)n(C)nc(C)c2c1C.Cc1c(C)c(C)c2c(=O)onc(C)c2c1C.Cc1c(C)c(C)c2c(nnn2C)c1C.Cc1c(C)c(C)c2n[nH]nc2c1C.Cc1c(C)c(C)c2nonc2c1C. The summed E-state index contributed by atoms with van der Waals surface area (Å²) in [5, 5.41) is 38.5. The summed E-state index contributed by atoms with van der Waals surface area (Å²) in [7, 11) is 3.65. The van der Waals surface area contributed by atoms with Crippen LogP contribution in [0.25, 0.3) is 54.6 Å². The van der Waals surface area contributed by atoms with E-state index in [1.165, 1.54) is 93.7 Å². The molecule has 0 saturated carbocycles. The van der Waals surface area contributed by atoms with Gasteiger partial charge in [-0.1, -0.05) is 10.4 Å². The van der Waals surface area contributed by atoms with Crippen LogP contribution in [0.3, 0.4) is 0 Å². The Balaban J connectivity index is 0.000000149. The fraction of sp³-hybridized carbons (Fsp3) is 0.414. The first-order valence-electron chi connectivity index (χ1n) is 24.6. The summed E-state index contributed by atoms with van der Waals surface area (Å²) in [5.74, 6) is 0. The van der Waals surface area contributed by atoms with Crippen molar-refractivity contribution in [3.63, 3.8) is 0 Å². The van der Waals surface area contributed by atoms with Crippen molar-refractivity contribution in [1.82, 2.24) is 55.7 Å². The van der Waals surface area contributed by atoms with Crippen molar-refractivity contribution < 1.29 is 9.15 Å². The number of nitrogens with zero attached hydrogens (tertiary/aromatic N) is 10. The molecule has 0 unspecified atom stereocenters. The average Bonchev–Trinajstić information content (AvgIpc) is 4.16. The first-order chi connectivity index (χ1) is 34.1. The van der Waals surface area contributed by atoms with Crippen LogP contribution in [0.5, 0.6) is 0 Å². The third-order valence-corrected chi connectivity index (χ3v) is 16.4. The van der Waals surface area contributed by atoms with Crippen molar-refractivity contribution in [2.24, 2.45) is 14.1 Å². The minimum Gasteiger partial charge on any atom is -0.312 e. The van der Waals surface area contributed by atoms with Crippen molar-refractivity contribution in [3.8, 4) is 0 Å². The van der Waals surface area contributed by atoms with Crippen LogP contribution in [-0.4, -0.2) is 55.7 Å². The molecule has 0 amide bonds. The first-order valence-corrected chi connectivity index (χ1v) is 24.6. The van der Waals surface area contributed by atoms with Crippen molar-refractivity contribution in [2.75, 3.05) is 0 Å². The van der Waals surface area contributed by atoms with E-state index in [9.17, 15) is 9.59 Å². The van der Waals surface area contributed by atoms with E-state index in [0.717, 1.165) is 82.9 Å².